The van der Waals surface area contributed by atoms with Crippen molar-refractivity contribution in [3.05, 3.63) is 28.8 Å². The van der Waals surface area contributed by atoms with Crippen molar-refractivity contribution < 1.29 is 9.47 Å². The Morgan fingerprint density at radius 2 is 2.13 bits per heavy atom. The molecule has 2 nitrogen and oxygen atoms in total. The Morgan fingerprint density at radius 3 is 2.73 bits per heavy atom. The molecular weight excluding hydrogens is 279 g/mol. The highest BCUT2D eigenvalue weighted by Crippen LogP contribution is 2.26. The number of halogens is 2. The standard InChI is InChI=1S/C11H14BrClO2/c1-14-5-2-6-15-11-4-3-9(8-12)7-10(11)13/h3-4,7H,2,5-6,8H2,1H3. The van der Waals surface area contributed by atoms with E-state index in [0.717, 1.165) is 23.1 Å². The van der Waals surface area contributed by atoms with E-state index in [1.54, 1.807) is 7.11 Å². The molecule has 0 amide bonds. The number of hydrogen-bond donors (Lipinski definition) is 0. The summed E-state index contributed by atoms with van der Waals surface area (Å²) in [6.07, 6.45) is 0.868. The zero-order valence-corrected chi connectivity index (χ0v) is 11.0. The van der Waals surface area contributed by atoms with Crippen molar-refractivity contribution in [3.8, 4) is 5.75 Å². The number of hydrogen-bond acceptors (Lipinski definition) is 2. The average molecular weight is 294 g/mol. The van der Waals surface area contributed by atoms with Gasteiger partial charge < -0.3 is 9.47 Å². The zero-order valence-electron chi connectivity index (χ0n) is 8.63. The van der Waals surface area contributed by atoms with Gasteiger partial charge in [-0.3, -0.25) is 0 Å². The van der Waals surface area contributed by atoms with E-state index in [1.807, 2.05) is 18.2 Å². The van der Waals surface area contributed by atoms with Gasteiger partial charge in [-0.1, -0.05) is 33.6 Å². The number of rotatable bonds is 6. The van der Waals surface area contributed by atoms with Gasteiger partial charge >= 0.3 is 0 Å². The van der Waals surface area contributed by atoms with Crippen molar-refractivity contribution in [2.75, 3.05) is 20.3 Å². The van der Waals surface area contributed by atoms with E-state index < -0.39 is 0 Å². The summed E-state index contributed by atoms with van der Waals surface area (Å²) in [4.78, 5) is 0. The van der Waals surface area contributed by atoms with Gasteiger partial charge in [-0.2, -0.15) is 0 Å². The van der Waals surface area contributed by atoms with Gasteiger partial charge in [0.05, 0.1) is 11.6 Å². The van der Waals surface area contributed by atoms with Crippen molar-refractivity contribution in [2.24, 2.45) is 0 Å². The highest BCUT2D eigenvalue weighted by molar-refractivity contribution is 9.08. The summed E-state index contributed by atoms with van der Waals surface area (Å²) >= 11 is 9.42. The van der Waals surface area contributed by atoms with Gasteiger partial charge in [0.15, 0.2) is 0 Å². The Labute approximate surface area is 104 Å². The molecule has 84 valence electrons. The van der Waals surface area contributed by atoms with Crippen LogP contribution in [0.15, 0.2) is 18.2 Å². The number of methoxy groups -OCH3 is 1. The second-order valence-electron chi connectivity index (χ2n) is 3.09. The highest BCUT2D eigenvalue weighted by atomic mass is 79.9. The maximum absolute atomic E-state index is 6.04. The lowest BCUT2D eigenvalue weighted by molar-refractivity contribution is 0.172. The molecule has 0 radical (unpaired) electrons. The fraction of sp³-hybridized carbons (Fsp3) is 0.455. The topological polar surface area (TPSA) is 18.5 Å². The summed E-state index contributed by atoms with van der Waals surface area (Å²) in [6.45, 7) is 1.33. The predicted molar refractivity (Wildman–Crippen MR) is 66.1 cm³/mol. The van der Waals surface area contributed by atoms with Gasteiger partial charge in [-0.05, 0) is 17.7 Å². The molecule has 0 fully saturated rings. The van der Waals surface area contributed by atoms with E-state index in [4.69, 9.17) is 21.1 Å². The Morgan fingerprint density at radius 1 is 1.33 bits per heavy atom. The van der Waals surface area contributed by atoms with Crippen molar-refractivity contribution >= 4 is 27.5 Å². The van der Waals surface area contributed by atoms with Gasteiger partial charge in [0.25, 0.3) is 0 Å². The molecule has 4 heteroatoms. The number of benzene rings is 1. The lowest BCUT2D eigenvalue weighted by Crippen LogP contribution is -2.01. The van der Waals surface area contributed by atoms with Crippen LogP contribution >= 0.6 is 27.5 Å². The van der Waals surface area contributed by atoms with Crippen molar-refractivity contribution in [3.63, 3.8) is 0 Å². The molecule has 1 rings (SSSR count). The molecule has 1 aromatic carbocycles. The minimum atomic E-state index is 0.626. The van der Waals surface area contributed by atoms with E-state index in [1.165, 1.54) is 0 Å². The number of alkyl halides is 1. The van der Waals surface area contributed by atoms with E-state index >= 15 is 0 Å². The molecule has 0 saturated carbocycles. The van der Waals surface area contributed by atoms with Crippen molar-refractivity contribution in [1.29, 1.82) is 0 Å². The van der Waals surface area contributed by atoms with Gasteiger partial charge in [0.1, 0.15) is 5.75 Å². The average Bonchev–Trinajstić information content (AvgIpc) is 2.26. The first-order valence-electron chi connectivity index (χ1n) is 4.74. The van der Waals surface area contributed by atoms with Crippen LogP contribution in [0.3, 0.4) is 0 Å². The van der Waals surface area contributed by atoms with Crippen LogP contribution in [0.5, 0.6) is 5.75 Å². The van der Waals surface area contributed by atoms with Crippen LogP contribution in [-0.4, -0.2) is 20.3 Å². The molecule has 0 aliphatic rings. The van der Waals surface area contributed by atoms with Crippen LogP contribution in [0.2, 0.25) is 5.02 Å². The van der Waals surface area contributed by atoms with Crippen LogP contribution in [0.25, 0.3) is 0 Å². The SMILES string of the molecule is COCCCOc1ccc(CBr)cc1Cl. The van der Waals surface area contributed by atoms with E-state index in [0.29, 0.717) is 18.2 Å². The quantitative estimate of drug-likeness (QED) is 0.589. The molecule has 0 heterocycles. The third-order valence-electron chi connectivity index (χ3n) is 1.90. The summed E-state index contributed by atoms with van der Waals surface area (Å²) in [6, 6.07) is 5.79. The maximum atomic E-state index is 6.04. The third-order valence-corrected chi connectivity index (χ3v) is 2.84. The molecule has 0 aliphatic carbocycles. The van der Waals surface area contributed by atoms with E-state index in [-0.39, 0.29) is 0 Å². The molecular formula is C11H14BrClO2. The summed E-state index contributed by atoms with van der Waals surface area (Å²) in [5.41, 5.74) is 1.14. The molecule has 0 spiro atoms. The zero-order chi connectivity index (χ0) is 11.1. The maximum Gasteiger partial charge on any atom is 0.137 e. The molecule has 0 saturated heterocycles. The molecule has 0 N–H and O–H groups in total. The summed E-state index contributed by atoms with van der Waals surface area (Å²) in [7, 11) is 1.68. The summed E-state index contributed by atoms with van der Waals surface area (Å²) in [5.74, 6) is 0.734. The van der Waals surface area contributed by atoms with Crippen LogP contribution in [0.1, 0.15) is 12.0 Å². The van der Waals surface area contributed by atoms with E-state index in [2.05, 4.69) is 15.9 Å². The van der Waals surface area contributed by atoms with Gasteiger partial charge in [-0.25, -0.2) is 0 Å². The lowest BCUT2D eigenvalue weighted by atomic mass is 10.2. The molecule has 0 aromatic heterocycles. The fourth-order valence-corrected chi connectivity index (χ4v) is 1.74. The first-order valence-corrected chi connectivity index (χ1v) is 6.24. The summed E-state index contributed by atoms with van der Waals surface area (Å²) < 4.78 is 10.4. The molecule has 0 atom stereocenters. The monoisotopic (exact) mass is 292 g/mol. The Kier molecular flexibility index (Phi) is 6.06. The van der Waals surface area contributed by atoms with Crippen LogP contribution in [-0.2, 0) is 10.1 Å². The first kappa shape index (κ1) is 12.8. The molecule has 0 aliphatic heterocycles. The molecule has 15 heavy (non-hydrogen) atoms. The van der Waals surface area contributed by atoms with Gasteiger partial charge in [0.2, 0.25) is 0 Å². The van der Waals surface area contributed by atoms with Crippen LogP contribution in [0, 0.1) is 0 Å². The smallest absolute Gasteiger partial charge is 0.137 e. The van der Waals surface area contributed by atoms with Crippen molar-refractivity contribution in [2.45, 2.75) is 11.8 Å². The Bertz CT molecular complexity index is 305. The summed E-state index contributed by atoms with van der Waals surface area (Å²) in [5, 5.41) is 1.46. The first-order chi connectivity index (χ1) is 7.27. The van der Waals surface area contributed by atoms with Gasteiger partial charge in [0, 0.05) is 25.5 Å². The third kappa shape index (κ3) is 4.41. The van der Waals surface area contributed by atoms with E-state index in [9.17, 15) is 0 Å². The molecule has 0 bridgehead atoms. The largest absolute Gasteiger partial charge is 0.492 e. The second-order valence-corrected chi connectivity index (χ2v) is 4.06. The molecule has 0 unspecified atom stereocenters. The van der Waals surface area contributed by atoms with Gasteiger partial charge in [-0.15, -0.1) is 0 Å². The fourth-order valence-electron chi connectivity index (χ4n) is 1.13. The lowest BCUT2D eigenvalue weighted by Gasteiger charge is -2.08. The highest BCUT2D eigenvalue weighted by Gasteiger charge is 2.02. The normalized spacial score (nSPS) is 10.3. The predicted octanol–water partition coefficient (Wildman–Crippen LogP) is 3.65. The minimum Gasteiger partial charge on any atom is -0.492 e. The Hall–Kier alpha value is -0.250. The minimum absolute atomic E-state index is 0.626. The van der Waals surface area contributed by atoms with Crippen LogP contribution in [0.4, 0.5) is 0 Å². The number of ether oxygens (including phenoxy) is 2. The second kappa shape index (κ2) is 7.09. The van der Waals surface area contributed by atoms with Crippen molar-refractivity contribution in [1.82, 2.24) is 0 Å². The Balaban J connectivity index is 2.47. The van der Waals surface area contributed by atoms with Crippen LogP contribution < -0.4 is 4.74 Å². The molecule has 1 aromatic rings.